The standard InChI is InChI=1S/C18H27NO2/c1-5-8-18(9-10-19-12-18)17(20)15-7-6-14(4)16(11-15)21-13(2)3/h6-7,11,13,19H,5,8-10,12H2,1-4H3. The molecule has 1 aliphatic heterocycles. The van der Waals surface area contributed by atoms with Crippen LogP contribution >= 0.6 is 0 Å². The number of ketones is 1. The highest BCUT2D eigenvalue weighted by atomic mass is 16.5. The molecule has 1 atom stereocenters. The van der Waals surface area contributed by atoms with E-state index in [1.807, 2.05) is 39.0 Å². The summed E-state index contributed by atoms with van der Waals surface area (Å²) < 4.78 is 5.82. The van der Waals surface area contributed by atoms with E-state index < -0.39 is 0 Å². The average molecular weight is 289 g/mol. The second-order valence-electron chi connectivity index (χ2n) is 6.43. The molecule has 1 aliphatic rings. The van der Waals surface area contributed by atoms with E-state index in [1.165, 1.54) is 0 Å². The molecule has 2 rings (SSSR count). The van der Waals surface area contributed by atoms with E-state index >= 15 is 0 Å². The molecule has 3 heteroatoms. The van der Waals surface area contributed by atoms with E-state index in [1.54, 1.807) is 0 Å². The smallest absolute Gasteiger partial charge is 0.170 e. The highest BCUT2D eigenvalue weighted by Crippen LogP contribution is 2.36. The zero-order valence-corrected chi connectivity index (χ0v) is 13.7. The number of benzene rings is 1. The Hall–Kier alpha value is -1.35. The lowest BCUT2D eigenvalue weighted by molar-refractivity contribution is 0.0801. The lowest BCUT2D eigenvalue weighted by atomic mass is 9.76. The minimum Gasteiger partial charge on any atom is -0.491 e. The summed E-state index contributed by atoms with van der Waals surface area (Å²) in [6.45, 7) is 9.92. The van der Waals surface area contributed by atoms with E-state index in [2.05, 4.69) is 12.2 Å². The summed E-state index contributed by atoms with van der Waals surface area (Å²) >= 11 is 0. The number of Topliss-reactive ketones (excluding diaryl/α,β-unsaturated/α-hetero) is 1. The summed E-state index contributed by atoms with van der Waals surface area (Å²) in [7, 11) is 0. The van der Waals surface area contributed by atoms with E-state index in [4.69, 9.17) is 4.74 Å². The molecule has 1 unspecified atom stereocenters. The van der Waals surface area contributed by atoms with Crippen LogP contribution in [0.2, 0.25) is 0 Å². The third kappa shape index (κ3) is 3.46. The topological polar surface area (TPSA) is 38.3 Å². The summed E-state index contributed by atoms with van der Waals surface area (Å²) in [5, 5.41) is 3.35. The van der Waals surface area contributed by atoms with E-state index in [-0.39, 0.29) is 17.3 Å². The van der Waals surface area contributed by atoms with Gasteiger partial charge in [-0.25, -0.2) is 0 Å². The van der Waals surface area contributed by atoms with Gasteiger partial charge in [0.2, 0.25) is 0 Å². The molecule has 21 heavy (non-hydrogen) atoms. The first-order chi connectivity index (χ1) is 9.98. The van der Waals surface area contributed by atoms with Crippen molar-refractivity contribution in [3.63, 3.8) is 0 Å². The minimum atomic E-state index is -0.223. The molecule has 1 fully saturated rings. The van der Waals surface area contributed by atoms with Crippen LogP contribution in [0.3, 0.4) is 0 Å². The van der Waals surface area contributed by atoms with Crippen LogP contribution in [0.4, 0.5) is 0 Å². The number of aryl methyl sites for hydroxylation is 1. The molecule has 0 saturated carbocycles. The normalized spacial score (nSPS) is 21.8. The molecule has 0 spiro atoms. The van der Waals surface area contributed by atoms with Crippen molar-refractivity contribution in [2.75, 3.05) is 13.1 Å². The van der Waals surface area contributed by atoms with Crippen LogP contribution in [0.1, 0.15) is 56.0 Å². The number of hydrogen-bond donors (Lipinski definition) is 1. The summed E-state index contributed by atoms with van der Waals surface area (Å²) in [6, 6.07) is 5.86. The maximum atomic E-state index is 13.0. The molecule has 0 bridgehead atoms. The van der Waals surface area contributed by atoms with Gasteiger partial charge in [0.05, 0.1) is 6.10 Å². The lowest BCUT2D eigenvalue weighted by Crippen LogP contribution is -2.33. The van der Waals surface area contributed by atoms with E-state index in [9.17, 15) is 4.79 Å². The van der Waals surface area contributed by atoms with Crippen LogP contribution in [0.15, 0.2) is 18.2 Å². The van der Waals surface area contributed by atoms with Crippen molar-refractivity contribution in [1.29, 1.82) is 0 Å². The van der Waals surface area contributed by atoms with Gasteiger partial charge in [0.15, 0.2) is 5.78 Å². The van der Waals surface area contributed by atoms with Crippen LogP contribution in [0, 0.1) is 12.3 Å². The number of ether oxygens (including phenoxy) is 1. The van der Waals surface area contributed by atoms with Gasteiger partial charge in [-0.15, -0.1) is 0 Å². The Morgan fingerprint density at radius 3 is 2.76 bits per heavy atom. The maximum Gasteiger partial charge on any atom is 0.170 e. The molecular formula is C18H27NO2. The van der Waals surface area contributed by atoms with E-state index in [0.29, 0.717) is 0 Å². The molecule has 0 amide bonds. The quantitative estimate of drug-likeness (QED) is 0.811. The van der Waals surface area contributed by atoms with Gasteiger partial charge in [0.1, 0.15) is 5.75 Å². The first-order valence-corrected chi connectivity index (χ1v) is 8.01. The van der Waals surface area contributed by atoms with Gasteiger partial charge in [0, 0.05) is 17.5 Å². The third-order valence-electron chi connectivity index (χ3n) is 4.27. The fourth-order valence-corrected chi connectivity index (χ4v) is 3.17. The van der Waals surface area contributed by atoms with Crippen molar-refractivity contribution in [3.05, 3.63) is 29.3 Å². The molecule has 1 heterocycles. The molecule has 0 aliphatic carbocycles. The van der Waals surface area contributed by atoms with Crippen molar-refractivity contribution < 1.29 is 9.53 Å². The fourth-order valence-electron chi connectivity index (χ4n) is 3.17. The Kier molecular flexibility index (Phi) is 5.04. The van der Waals surface area contributed by atoms with E-state index in [0.717, 1.165) is 49.2 Å². The Morgan fingerprint density at radius 1 is 1.43 bits per heavy atom. The van der Waals surface area contributed by atoms with Gasteiger partial charge in [-0.3, -0.25) is 4.79 Å². The van der Waals surface area contributed by atoms with Gasteiger partial charge in [-0.1, -0.05) is 25.5 Å². The first kappa shape index (κ1) is 16.0. The highest BCUT2D eigenvalue weighted by molar-refractivity contribution is 6.01. The molecule has 1 N–H and O–H groups in total. The molecule has 3 nitrogen and oxygen atoms in total. The zero-order valence-electron chi connectivity index (χ0n) is 13.7. The summed E-state index contributed by atoms with van der Waals surface area (Å²) in [5.41, 5.74) is 1.64. The van der Waals surface area contributed by atoms with Crippen molar-refractivity contribution in [2.45, 2.75) is 53.1 Å². The maximum absolute atomic E-state index is 13.0. The number of nitrogens with one attached hydrogen (secondary N) is 1. The predicted molar refractivity (Wildman–Crippen MR) is 86.1 cm³/mol. The number of hydrogen-bond acceptors (Lipinski definition) is 3. The van der Waals surface area contributed by atoms with Crippen LogP contribution in [-0.4, -0.2) is 25.0 Å². The Bertz CT molecular complexity index is 502. The van der Waals surface area contributed by atoms with Crippen molar-refractivity contribution in [1.82, 2.24) is 5.32 Å². The molecule has 1 aromatic rings. The monoisotopic (exact) mass is 289 g/mol. The Labute approximate surface area is 128 Å². The SMILES string of the molecule is CCCC1(C(=O)c2ccc(C)c(OC(C)C)c2)CCNC1. The highest BCUT2D eigenvalue weighted by Gasteiger charge is 2.40. The van der Waals surface area contributed by atoms with Gasteiger partial charge >= 0.3 is 0 Å². The van der Waals surface area contributed by atoms with Crippen molar-refractivity contribution in [3.8, 4) is 5.75 Å². The fraction of sp³-hybridized carbons (Fsp3) is 0.611. The molecule has 0 radical (unpaired) electrons. The first-order valence-electron chi connectivity index (χ1n) is 8.01. The summed E-state index contributed by atoms with van der Waals surface area (Å²) in [6.07, 6.45) is 3.04. The number of rotatable bonds is 6. The molecular weight excluding hydrogens is 262 g/mol. The van der Waals surface area contributed by atoms with Crippen LogP contribution < -0.4 is 10.1 Å². The summed E-state index contributed by atoms with van der Waals surface area (Å²) in [5.74, 6) is 1.09. The molecule has 116 valence electrons. The number of carbonyl (C=O) groups is 1. The lowest BCUT2D eigenvalue weighted by Gasteiger charge is -2.26. The molecule has 0 aromatic heterocycles. The zero-order chi connectivity index (χ0) is 15.5. The second kappa shape index (κ2) is 6.61. The van der Waals surface area contributed by atoms with Crippen LogP contribution in [0.25, 0.3) is 0 Å². The van der Waals surface area contributed by atoms with Crippen LogP contribution in [0.5, 0.6) is 5.75 Å². The van der Waals surface area contributed by atoms with Gasteiger partial charge < -0.3 is 10.1 Å². The Balaban J connectivity index is 2.30. The second-order valence-corrected chi connectivity index (χ2v) is 6.43. The van der Waals surface area contributed by atoms with Crippen molar-refractivity contribution in [2.24, 2.45) is 5.41 Å². The number of carbonyl (C=O) groups excluding carboxylic acids is 1. The summed E-state index contributed by atoms with van der Waals surface area (Å²) in [4.78, 5) is 13.0. The average Bonchev–Trinajstić information content (AvgIpc) is 2.90. The van der Waals surface area contributed by atoms with Gasteiger partial charge in [0.25, 0.3) is 0 Å². The molecule has 1 saturated heterocycles. The Morgan fingerprint density at radius 2 is 2.19 bits per heavy atom. The minimum absolute atomic E-state index is 0.117. The van der Waals surface area contributed by atoms with Crippen LogP contribution in [-0.2, 0) is 0 Å². The third-order valence-corrected chi connectivity index (χ3v) is 4.27. The largest absolute Gasteiger partial charge is 0.491 e. The van der Waals surface area contributed by atoms with Crippen molar-refractivity contribution >= 4 is 5.78 Å². The van der Waals surface area contributed by atoms with Gasteiger partial charge in [-0.05, 0) is 51.8 Å². The van der Waals surface area contributed by atoms with Gasteiger partial charge in [-0.2, -0.15) is 0 Å². The molecule has 1 aromatic carbocycles. The predicted octanol–water partition coefficient (Wildman–Crippen LogP) is 3.74.